The minimum atomic E-state index is -3.65. The number of aliphatic hydroxyl groups is 1. The Morgan fingerprint density at radius 3 is 2.34 bits per heavy atom. The average Bonchev–Trinajstić information content (AvgIpc) is 3.13. The van der Waals surface area contributed by atoms with Gasteiger partial charge in [-0.1, -0.05) is 12.5 Å². The third-order valence-electron chi connectivity index (χ3n) is 6.55. The highest BCUT2D eigenvalue weighted by Gasteiger charge is 2.46. The Morgan fingerprint density at radius 2 is 1.74 bits per heavy atom. The Bertz CT molecular complexity index is 1220. The van der Waals surface area contributed by atoms with Crippen LogP contribution in [0.2, 0.25) is 0 Å². The number of aromatic nitrogens is 1. The van der Waals surface area contributed by atoms with Crippen LogP contribution in [-0.2, 0) is 19.6 Å². The van der Waals surface area contributed by atoms with Crippen LogP contribution in [0.3, 0.4) is 0 Å². The lowest BCUT2D eigenvalue weighted by atomic mass is 9.96. The molecule has 1 aromatic carbocycles. The largest absolute Gasteiger partial charge is 0.507 e. The van der Waals surface area contributed by atoms with Gasteiger partial charge in [-0.05, 0) is 61.8 Å². The molecule has 2 aromatic rings. The minimum Gasteiger partial charge on any atom is -0.507 e. The molecule has 3 heterocycles. The van der Waals surface area contributed by atoms with Gasteiger partial charge in [-0.3, -0.25) is 14.6 Å². The first-order chi connectivity index (χ1) is 16.7. The highest BCUT2D eigenvalue weighted by atomic mass is 32.2. The van der Waals surface area contributed by atoms with Crippen molar-refractivity contribution in [2.24, 2.45) is 0 Å². The summed E-state index contributed by atoms with van der Waals surface area (Å²) < 4.78 is 25.9. The SMILES string of the molecule is CN(C)S(=O)(=O)c1ccc(C(O)=C2C(=O)C(=O)N(CCN3CCCCC3)[C@@H]2c2cccnc2)cc1. The molecular weight excluding hydrogens is 468 g/mol. The van der Waals surface area contributed by atoms with Crippen molar-refractivity contribution in [2.75, 3.05) is 40.3 Å². The summed E-state index contributed by atoms with van der Waals surface area (Å²) in [6.45, 7) is 2.91. The number of hydrogen-bond donors (Lipinski definition) is 1. The number of nitrogens with zero attached hydrogens (tertiary/aromatic N) is 4. The van der Waals surface area contributed by atoms with Gasteiger partial charge in [0.2, 0.25) is 10.0 Å². The zero-order valence-corrected chi connectivity index (χ0v) is 20.7. The first kappa shape index (κ1) is 25.0. The molecule has 2 aliphatic heterocycles. The van der Waals surface area contributed by atoms with Crippen molar-refractivity contribution in [1.82, 2.24) is 19.1 Å². The van der Waals surface area contributed by atoms with Crippen LogP contribution >= 0.6 is 0 Å². The fourth-order valence-corrected chi connectivity index (χ4v) is 5.48. The van der Waals surface area contributed by atoms with Gasteiger partial charge >= 0.3 is 0 Å². The molecule has 35 heavy (non-hydrogen) atoms. The van der Waals surface area contributed by atoms with E-state index in [4.69, 9.17) is 0 Å². The number of likely N-dealkylation sites (tertiary alicyclic amines) is 2. The van der Waals surface area contributed by atoms with Crippen LogP contribution in [0.25, 0.3) is 5.76 Å². The number of sulfonamides is 1. The lowest BCUT2D eigenvalue weighted by molar-refractivity contribution is -0.140. The second kappa shape index (κ2) is 10.3. The summed E-state index contributed by atoms with van der Waals surface area (Å²) in [6, 6.07) is 8.34. The van der Waals surface area contributed by atoms with Gasteiger partial charge in [0, 0.05) is 45.1 Å². The quantitative estimate of drug-likeness (QED) is 0.354. The van der Waals surface area contributed by atoms with Crippen molar-refractivity contribution in [3.05, 3.63) is 65.5 Å². The van der Waals surface area contributed by atoms with E-state index in [1.54, 1.807) is 24.5 Å². The van der Waals surface area contributed by atoms with Gasteiger partial charge in [-0.2, -0.15) is 0 Å². The zero-order valence-electron chi connectivity index (χ0n) is 19.9. The van der Waals surface area contributed by atoms with E-state index in [-0.39, 0.29) is 21.8 Å². The van der Waals surface area contributed by atoms with Gasteiger partial charge in [0.15, 0.2) is 0 Å². The Labute approximate surface area is 205 Å². The van der Waals surface area contributed by atoms with Gasteiger partial charge in [-0.25, -0.2) is 12.7 Å². The molecule has 2 saturated heterocycles. The van der Waals surface area contributed by atoms with Crippen LogP contribution < -0.4 is 0 Å². The lowest BCUT2D eigenvalue weighted by Crippen LogP contribution is -2.40. The van der Waals surface area contributed by atoms with E-state index in [1.807, 2.05) is 0 Å². The number of ketones is 1. The van der Waals surface area contributed by atoms with Crippen molar-refractivity contribution in [3.8, 4) is 0 Å². The molecule has 0 saturated carbocycles. The number of benzene rings is 1. The molecule has 1 atom stereocenters. The number of pyridine rings is 1. The van der Waals surface area contributed by atoms with Gasteiger partial charge in [0.25, 0.3) is 11.7 Å². The summed E-state index contributed by atoms with van der Waals surface area (Å²) in [6.07, 6.45) is 6.62. The van der Waals surface area contributed by atoms with Crippen molar-refractivity contribution in [2.45, 2.75) is 30.2 Å². The Morgan fingerprint density at radius 1 is 1.06 bits per heavy atom. The standard InChI is InChI=1S/C25H30N4O5S/c1-27(2)35(33,34)20-10-8-18(9-11-20)23(30)21-22(19-7-6-12-26-17-19)29(25(32)24(21)31)16-15-28-13-4-3-5-14-28/h6-12,17,22,30H,3-5,13-16H2,1-2H3/t22-/m1/s1. The lowest BCUT2D eigenvalue weighted by Gasteiger charge is -2.30. The van der Waals surface area contributed by atoms with E-state index in [2.05, 4.69) is 9.88 Å². The third-order valence-corrected chi connectivity index (χ3v) is 8.38. The molecule has 0 aliphatic carbocycles. The maximum absolute atomic E-state index is 13.1. The Balaban J connectivity index is 1.71. The number of piperidine rings is 1. The highest BCUT2D eigenvalue weighted by molar-refractivity contribution is 7.89. The van der Waals surface area contributed by atoms with E-state index >= 15 is 0 Å². The molecule has 2 aliphatic rings. The molecular formula is C25H30N4O5S. The van der Waals surface area contributed by atoms with Crippen LogP contribution in [0.15, 0.2) is 59.3 Å². The van der Waals surface area contributed by atoms with Gasteiger partial charge in [0.05, 0.1) is 16.5 Å². The highest BCUT2D eigenvalue weighted by Crippen LogP contribution is 2.39. The molecule has 1 aromatic heterocycles. The zero-order chi connectivity index (χ0) is 25.2. The molecule has 0 radical (unpaired) electrons. The second-order valence-corrected chi connectivity index (χ2v) is 11.1. The topological polar surface area (TPSA) is 111 Å². The van der Waals surface area contributed by atoms with Crippen LogP contribution in [0.5, 0.6) is 0 Å². The normalized spacial score (nSPS) is 21.1. The number of carbonyl (C=O) groups excluding carboxylic acids is 2. The van der Waals surface area contributed by atoms with Crippen LogP contribution in [0, 0.1) is 0 Å². The second-order valence-electron chi connectivity index (χ2n) is 8.99. The molecule has 0 bridgehead atoms. The van der Waals surface area contributed by atoms with E-state index in [1.165, 1.54) is 49.7 Å². The molecule has 2 fully saturated rings. The van der Waals surface area contributed by atoms with Crippen molar-refractivity contribution in [1.29, 1.82) is 0 Å². The number of carbonyl (C=O) groups is 2. The maximum Gasteiger partial charge on any atom is 0.295 e. The molecule has 10 heteroatoms. The van der Waals surface area contributed by atoms with E-state index in [9.17, 15) is 23.1 Å². The fourth-order valence-electron chi connectivity index (χ4n) is 4.58. The molecule has 9 nitrogen and oxygen atoms in total. The Kier molecular flexibility index (Phi) is 7.34. The van der Waals surface area contributed by atoms with Gasteiger partial charge < -0.3 is 14.9 Å². The molecule has 1 amide bonds. The molecule has 4 rings (SSSR count). The number of aliphatic hydroxyl groups excluding tert-OH is 1. The van der Waals surface area contributed by atoms with Gasteiger partial charge in [0.1, 0.15) is 5.76 Å². The summed E-state index contributed by atoms with van der Waals surface area (Å²) in [5.74, 6) is -1.77. The summed E-state index contributed by atoms with van der Waals surface area (Å²) in [4.78, 5) is 34.2. The summed E-state index contributed by atoms with van der Waals surface area (Å²) in [7, 11) is -0.779. The fraction of sp³-hybridized carbons (Fsp3) is 0.400. The van der Waals surface area contributed by atoms with E-state index in [0.717, 1.165) is 30.2 Å². The summed E-state index contributed by atoms with van der Waals surface area (Å²) in [5, 5.41) is 11.2. The Hall–Kier alpha value is -3.08. The van der Waals surface area contributed by atoms with Crippen molar-refractivity contribution < 1.29 is 23.1 Å². The third kappa shape index (κ3) is 5.00. The molecule has 1 N–H and O–H groups in total. The predicted molar refractivity (Wildman–Crippen MR) is 131 cm³/mol. The van der Waals surface area contributed by atoms with Crippen molar-refractivity contribution >= 4 is 27.5 Å². The van der Waals surface area contributed by atoms with E-state index < -0.39 is 27.8 Å². The molecule has 186 valence electrons. The summed E-state index contributed by atoms with van der Waals surface area (Å²) >= 11 is 0. The van der Waals surface area contributed by atoms with Crippen LogP contribution in [0.1, 0.15) is 36.4 Å². The number of rotatable bonds is 7. The van der Waals surface area contributed by atoms with E-state index in [0.29, 0.717) is 18.7 Å². The number of hydrogen-bond acceptors (Lipinski definition) is 7. The minimum absolute atomic E-state index is 0.0233. The monoisotopic (exact) mass is 498 g/mol. The smallest absolute Gasteiger partial charge is 0.295 e. The first-order valence-electron chi connectivity index (χ1n) is 11.7. The molecule has 0 unspecified atom stereocenters. The van der Waals surface area contributed by atoms with Crippen molar-refractivity contribution in [3.63, 3.8) is 0 Å². The number of amides is 1. The molecule has 0 spiro atoms. The average molecular weight is 499 g/mol. The number of Topliss-reactive ketones (excluding diaryl/α,β-unsaturated/α-hetero) is 1. The summed E-state index contributed by atoms with van der Waals surface area (Å²) in [5.41, 5.74) is 0.856. The maximum atomic E-state index is 13.1. The predicted octanol–water partition coefficient (Wildman–Crippen LogP) is 2.24. The first-order valence-corrected chi connectivity index (χ1v) is 13.1. The van der Waals surface area contributed by atoms with Crippen LogP contribution in [0.4, 0.5) is 0 Å². The van der Waals surface area contributed by atoms with Crippen LogP contribution in [-0.4, -0.2) is 84.6 Å². The van der Waals surface area contributed by atoms with Gasteiger partial charge in [-0.15, -0.1) is 0 Å².